The van der Waals surface area contributed by atoms with E-state index in [2.05, 4.69) is 5.10 Å². The molecule has 1 aromatic carbocycles. The van der Waals surface area contributed by atoms with E-state index in [-0.39, 0.29) is 17.1 Å². The van der Waals surface area contributed by atoms with Gasteiger partial charge in [0.05, 0.1) is 10.6 Å². The zero-order chi connectivity index (χ0) is 14.9. The molecule has 9 heteroatoms. The van der Waals surface area contributed by atoms with Gasteiger partial charge in [-0.15, -0.1) is 11.8 Å². The summed E-state index contributed by atoms with van der Waals surface area (Å²) >= 11 is 1.24. The minimum atomic E-state index is -0.667. The summed E-state index contributed by atoms with van der Waals surface area (Å²) in [4.78, 5) is 21.5. The molecule has 1 heterocycles. The molecule has 0 saturated carbocycles. The second-order valence-corrected chi connectivity index (χ2v) is 4.61. The molecule has 0 aliphatic heterocycles. The van der Waals surface area contributed by atoms with Gasteiger partial charge in [-0.3, -0.25) is 14.9 Å². The number of nitrogens with zero attached hydrogens (tertiary/aromatic N) is 3. The minimum Gasteiger partial charge on any atom is -0.383 e. The zero-order valence-corrected chi connectivity index (χ0v) is 11.3. The standard InChI is InChI=1S/C11H11N5O3S/c1-20-11-8(10(13)17)9(12)15(14-11)6-2-4-7(5-3-6)16(18)19/h2-5H,12H2,1H3,(H2,13,17). The molecule has 0 bridgehead atoms. The SMILES string of the molecule is CSc1nn(-c2ccc([N+](=O)[O-])cc2)c(N)c1C(N)=O. The van der Waals surface area contributed by atoms with Crippen molar-refractivity contribution in [3.8, 4) is 5.69 Å². The fraction of sp³-hybridized carbons (Fsp3) is 0.0909. The quantitative estimate of drug-likeness (QED) is 0.494. The van der Waals surface area contributed by atoms with Crippen LogP contribution < -0.4 is 11.5 Å². The number of non-ortho nitro benzene ring substituents is 1. The molecule has 0 fully saturated rings. The summed E-state index contributed by atoms with van der Waals surface area (Å²) in [6, 6.07) is 5.66. The number of primary amides is 1. The molecule has 8 nitrogen and oxygen atoms in total. The lowest BCUT2D eigenvalue weighted by atomic mass is 10.2. The van der Waals surface area contributed by atoms with Crippen LogP contribution in [0.4, 0.5) is 11.5 Å². The van der Waals surface area contributed by atoms with Gasteiger partial charge in [0.15, 0.2) is 0 Å². The molecule has 0 unspecified atom stereocenters. The maximum absolute atomic E-state index is 11.4. The van der Waals surface area contributed by atoms with Crippen molar-refractivity contribution in [3.05, 3.63) is 39.9 Å². The summed E-state index contributed by atoms with van der Waals surface area (Å²) in [5, 5.41) is 15.2. The highest BCUT2D eigenvalue weighted by molar-refractivity contribution is 7.98. The number of carbonyl (C=O) groups excluding carboxylic acids is 1. The summed E-state index contributed by atoms with van der Waals surface area (Å²) in [6.07, 6.45) is 1.74. The number of nitrogens with two attached hydrogens (primary N) is 2. The number of amides is 1. The van der Waals surface area contributed by atoms with Gasteiger partial charge < -0.3 is 11.5 Å². The van der Waals surface area contributed by atoms with E-state index in [0.717, 1.165) is 0 Å². The van der Waals surface area contributed by atoms with Crippen LogP contribution in [0, 0.1) is 10.1 Å². The molecule has 1 amide bonds. The van der Waals surface area contributed by atoms with Crippen LogP contribution in [0.5, 0.6) is 0 Å². The monoisotopic (exact) mass is 293 g/mol. The Morgan fingerprint density at radius 2 is 2.00 bits per heavy atom. The molecule has 0 atom stereocenters. The van der Waals surface area contributed by atoms with Crippen LogP contribution in [-0.2, 0) is 0 Å². The van der Waals surface area contributed by atoms with Crippen LogP contribution in [0.2, 0.25) is 0 Å². The minimum absolute atomic E-state index is 0.0420. The number of nitro groups is 1. The van der Waals surface area contributed by atoms with Crippen molar-refractivity contribution in [1.82, 2.24) is 9.78 Å². The van der Waals surface area contributed by atoms with Crippen LogP contribution in [0.15, 0.2) is 29.3 Å². The summed E-state index contributed by atoms with van der Waals surface area (Å²) in [6.45, 7) is 0. The first-order valence-corrected chi connectivity index (χ1v) is 6.65. The molecule has 104 valence electrons. The fourth-order valence-electron chi connectivity index (χ4n) is 1.70. The summed E-state index contributed by atoms with van der Waals surface area (Å²) < 4.78 is 1.33. The van der Waals surface area contributed by atoms with E-state index in [4.69, 9.17) is 11.5 Å². The normalized spacial score (nSPS) is 10.4. The second-order valence-electron chi connectivity index (χ2n) is 3.82. The van der Waals surface area contributed by atoms with Crippen LogP contribution >= 0.6 is 11.8 Å². The Bertz CT molecular complexity index is 680. The van der Waals surface area contributed by atoms with Gasteiger partial charge in [0, 0.05) is 12.1 Å². The smallest absolute Gasteiger partial charge is 0.269 e. The number of nitrogen functional groups attached to an aromatic ring is 1. The van der Waals surface area contributed by atoms with Gasteiger partial charge >= 0.3 is 0 Å². The number of hydrogen-bond acceptors (Lipinski definition) is 6. The van der Waals surface area contributed by atoms with Crippen LogP contribution in [0.25, 0.3) is 5.69 Å². The predicted octanol–water partition coefficient (Wildman–Crippen LogP) is 1.18. The maximum Gasteiger partial charge on any atom is 0.269 e. The van der Waals surface area contributed by atoms with E-state index in [1.54, 1.807) is 6.26 Å². The van der Waals surface area contributed by atoms with Crippen molar-refractivity contribution in [2.24, 2.45) is 5.73 Å². The number of nitro benzene ring substituents is 1. The van der Waals surface area contributed by atoms with Crippen molar-refractivity contribution in [3.63, 3.8) is 0 Å². The van der Waals surface area contributed by atoms with Gasteiger partial charge in [-0.25, -0.2) is 4.68 Å². The molecular weight excluding hydrogens is 282 g/mol. The highest BCUT2D eigenvalue weighted by atomic mass is 32.2. The number of benzene rings is 1. The number of thioether (sulfide) groups is 1. The van der Waals surface area contributed by atoms with Gasteiger partial charge in [-0.2, -0.15) is 5.10 Å². The van der Waals surface area contributed by atoms with Crippen molar-refractivity contribution in [1.29, 1.82) is 0 Å². The van der Waals surface area contributed by atoms with Gasteiger partial charge in [0.2, 0.25) is 0 Å². The lowest BCUT2D eigenvalue weighted by Gasteiger charge is -2.03. The summed E-state index contributed by atoms with van der Waals surface area (Å²) in [5.41, 5.74) is 11.8. The number of carbonyl (C=O) groups is 1. The first kappa shape index (κ1) is 13.9. The third-order valence-corrected chi connectivity index (χ3v) is 3.31. The molecule has 2 aromatic rings. The van der Waals surface area contributed by atoms with Crippen molar-refractivity contribution < 1.29 is 9.72 Å². The molecule has 0 aliphatic carbocycles. The molecule has 0 aliphatic rings. The third kappa shape index (κ3) is 2.30. The molecule has 4 N–H and O–H groups in total. The number of anilines is 1. The Morgan fingerprint density at radius 3 is 2.40 bits per heavy atom. The Balaban J connectivity index is 2.53. The third-order valence-electron chi connectivity index (χ3n) is 2.63. The Morgan fingerprint density at radius 1 is 1.40 bits per heavy atom. The van der Waals surface area contributed by atoms with E-state index in [1.165, 1.54) is 40.7 Å². The van der Waals surface area contributed by atoms with Crippen molar-refractivity contribution >= 4 is 29.2 Å². The number of rotatable bonds is 4. The number of hydrogen-bond donors (Lipinski definition) is 2. The summed E-state index contributed by atoms with van der Waals surface area (Å²) in [7, 11) is 0. The first-order chi connectivity index (χ1) is 9.45. The molecular formula is C11H11N5O3S. The highest BCUT2D eigenvalue weighted by Gasteiger charge is 2.20. The first-order valence-electron chi connectivity index (χ1n) is 5.42. The van der Waals surface area contributed by atoms with Crippen molar-refractivity contribution in [2.45, 2.75) is 5.03 Å². The van der Waals surface area contributed by atoms with E-state index in [0.29, 0.717) is 10.7 Å². The van der Waals surface area contributed by atoms with Crippen LogP contribution in [0.3, 0.4) is 0 Å². The molecule has 0 saturated heterocycles. The molecule has 1 aromatic heterocycles. The topological polar surface area (TPSA) is 130 Å². The van der Waals surface area contributed by atoms with E-state index < -0.39 is 10.8 Å². The van der Waals surface area contributed by atoms with Gasteiger partial charge in [-0.1, -0.05) is 0 Å². The Kier molecular flexibility index (Phi) is 3.61. The lowest BCUT2D eigenvalue weighted by Crippen LogP contribution is -2.14. The predicted molar refractivity (Wildman–Crippen MR) is 74.9 cm³/mol. The molecule has 0 radical (unpaired) electrons. The van der Waals surface area contributed by atoms with E-state index >= 15 is 0 Å². The summed E-state index contributed by atoms with van der Waals surface area (Å²) in [5.74, 6) is -0.560. The van der Waals surface area contributed by atoms with Crippen LogP contribution in [0.1, 0.15) is 10.4 Å². The van der Waals surface area contributed by atoms with Crippen molar-refractivity contribution in [2.75, 3.05) is 12.0 Å². The average molecular weight is 293 g/mol. The molecule has 20 heavy (non-hydrogen) atoms. The molecule has 2 rings (SSSR count). The van der Waals surface area contributed by atoms with E-state index in [1.807, 2.05) is 0 Å². The van der Waals surface area contributed by atoms with Gasteiger partial charge in [0.1, 0.15) is 16.4 Å². The van der Waals surface area contributed by atoms with E-state index in [9.17, 15) is 14.9 Å². The maximum atomic E-state index is 11.4. The average Bonchev–Trinajstić information content (AvgIpc) is 2.75. The van der Waals surface area contributed by atoms with Gasteiger partial charge in [0.25, 0.3) is 11.6 Å². The fourth-order valence-corrected chi connectivity index (χ4v) is 2.27. The highest BCUT2D eigenvalue weighted by Crippen LogP contribution is 2.27. The second kappa shape index (κ2) is 5.21. The largest absolute Gasteiger partial charge is 0.383 e. The van der Waals surface area contributed by atoms with Crippen LogP contribution in [-0.4, -0.2) is 26.9 Å². The Labute approximate surface area is 117 Å². The lowest BCUT2D eigenvalue weighted by molar-refractivity contribution is -0.384. The zero-order valence-electron chi connectivity index (χ0n) is 10.4. The molecule has 0 spiro atoms. The van der Waals surface area contributed by atoms with Gasteiger partial charge in [-0.05, 0) is 18.4 Å². The number of aromatic nitrogens is 2. The Hall–Kier alpha value is -2.55.